The van der Waals surface area contributed by atoms with Crippen LogP contribution in [0, 0.1) is 13.8 Å². The minimum Gasteiger partial charge on any atom is -0.352 e. The van der Waals surface area contributed by atoms with Crippen molar-refractivity contribution in [2.45, 2.75) is 66.1 Å². The molecule has 2 rings (SSSR count). The zero-order chi connectivity index (χ0) is 20.7. The van der Waals surface area contributed by atoms with Gasteiger partial charge in [0.05, 0.1) is 6.42 Å². The molecule has 0 aliphatic carbocycles. The summed E-state index contributed by atoms with van der Waals surface area (Å²) >= 11 is 0. The Hall–Kier alpha value is -2.62. The first-order valence-electron chi connectivity index (χ1n) is 10.0. The fraction of sp³-hybridized carbons (Fsp3) is 0.417. The summed E-state index contributed by atoms with van der Waals surface area (Å²) in [6.07, 6.45) is 1.15. The van der Waals surface area contributed by atoms with Crippen LogP contribution in [0.3, 0.4) is 0 Å². The number of benzene rings is 2. The normalized spacial score (nSPS) is 12.9. The number of rotatable bonds is 8. The molecule has 0 aliphatic rings. The number of amides is 2. The molecule has 0 fully saturated rings. The number of hydrogen-bond donors (Lipinski definition) is 1. The molecule has 2 aromatic carbocycles. The lowest BCUT2D eigenvalue weighted by Crippen LogP contribution is -2.49. The predicted molar refractivity (Wildman–Crippen MR) is 114 cm³/mol. The van der Waals surface area contributed by atoms with E-state index in [1.165, 1.54) is 0 Å². The van der Waals surface area contributed by atoms with Gasteiger partial charge in [-0.15, -0.1) is 0 Å². The molecule has 0 saturated heterocycles. The number of carbonyl (C=O) groups is 2. The molecular formula is C24H32N2O2. The molecule has 0 aliphatic heterocycles. The van der Waals surface area contributed by atoms with E-state index in [0.717, 1.165) is 28.7 Å². The molecule has 1 N–H and O–H groups in total. The highest BCUT2D eigenvalue weighted by Gasteiger charge is 2.27. The van der Waals surface area contributed by atoms with E-state index in [4.69, 9.17) is 0 Å². The average molecular weight is 381 g/mol. The lowest BCUT2D eigenvalue weighted by molar-refractivity contribution is -0.140. The Bertz CT molecular complexity index is 816. The van der Waals surface area contributed by atoms with E-state index in [1.54, 1.807) is 4.90 Å². The standard InChI is InChI=1S/C24H32N2O2/c1-6-19(4)25-24(28)20(5)26(16-21-12-9-10-17(2)14-21)23(27)15-22-13-8-7-11-18(22)3/h7-14,19-20H,6,15-16H2,1-5H3,(H,25,28)/t19-,20-/m0/s1. The second kappa shape index (κ2) is 10.1. The molecule has 2 atom stereocenters. The molecule has 28 heavy (non-hydrogen) atoms. The van der Waals surface area contributed by atoms with E-state index < -0.39 is 6.04 Å². The summed E-state index contributed by atoms with van der Waals surface area (Å²) in [5.41, 5.74) is 4.25. The van der Waals surface area contributed by atoms with Crippen LogP contribution in [0.25, 0.3) is 0 Å². The van der Waals surface area contributed by atoms with Gasteiger partial charge in [-0.05, 0) is 50.8 Å². The van der Waals surface area contributed by atoms with Gasteiger partial charge in [-0.3, -0.25) is 9.59 Å². The van der Waals surface area contributed by atoms with E-state index in [0.29, 0.717) is 13.0 Å². The SMILES string of the molecule is CC[C@H](C)NC(=O)[C@H](C)N(Cc1cccc(C)c1)C(=O)Cc1ccccc1C. The summed E-state index contributed by atoms with van der Waals surface area (Å²) in [6, 6.07) is 15.5. The monoisotopic (exact) mass is 380 g/mol. The summed E-state index contributed by atoms with van der Waals surface area (Å²) in [5.74, 6) is -0.150. The maximum absolute atomic E-state index is 13.2. The van der Waals surface area contributed by atoms with Gasteiger partial charge < -0.3 is 10.2 Å². The maximum Gasteiger partial charge on any atom is 0.242 e. The molecular weight excluding hydrogens is 348 g/mol. The van der Waals surface area contributed by atoms with Crippen LogP contribution in [-0.2, 0) is 22.6 Å². The van der Waals surface area contributed by atoms with Crippen LogP contribution in [0.5, 0.6) is 0 Å². The smallest absolute Gasteiger partial charge is 0.242 e. The summed E-state index contributed by atoms with van der Waals surface area (Å²) in [7, 11) is 0. The third kappa shape index (κ3) is 5.95. The van der Waals surface area contributed by atoms with Crippen LogP contribution in [0.2, 0.25) is 0 Å². The van der Waals surface area contributed by atoms with Gasteiger partial charge >= 0.3 is 0 Å². The third-order valence-corrected chi connectivity index (χ3v) is 5.21. The zero-order valence-corrected chi connectivity index (χ0v) is 17.7. The van der Waals surface area contributed by atoms with Crippen molar-refractivity contribution < 1.29 is 9.59 Å². The molecule has 150 valence electrons. The molecule has 0 bridgehead atoms. The first-order chi connectivity index (χ1) is 13.3. The highest BCUT2D eigenvalue weighted by atomic mass is 16.2. The first-order valence-corrected chi connectivity index (χ1v) is 10.0. The number of hydrogen-bond acceptors (Lipinski definition) is 2. The summed E-state index contributed by atoms with van der Waals surface area (Å²) < 4.78 is 0. The summed E-state index contributed by atoms with van der Waals surface area (Å²) in [4.78, 5) is 27.6. The Balaban J connectivity index is 2.25. The van der Waals surface area contributed by atoms with E-state index >= 15 is 0 Å². The molecule has 0 heterocycles. The number of nitrogens with zero attached hydrogens (tertiary/aromatic N) is 1. The molecule has 2 aromatic rings. The minimum atomic E-state index is -0.536. The average Bonchev–Trinajstić information content (AvgIpc) is 2.67. The topological polar surface area (TPSA) is 49.4 Å². The van der Waals surface area contributed by atoms with Crippen molar-refractivity contribution >= 4 is 11.8 Å². The van der Waals surface area contributed by atoms with Gasteiger partial charge in [-0.2, -0.15) is 0 Å². The number of carbonyl (C=O) groups excluding carboxylic acids is 2. The van der Waals surface area contributed by atoms with Crippen molar-refractivity contribution in [2.75, 3.05) is 0 Å². The molecule has 0 aromatic heterocycles. The van der Waals surface area contributed by atoms with Crippen LogP contribution in [0.1, 0.15) is 49.4 Å². The Kier molecular flexibility index (Phi) is 7.80. The van der Waals surface area contributed by atoms with Crippen LogP contribution in [0.4, 0.5) is 0 Å². The van der Waals surface area contributed by atoms with Gasteiger partial charge in [0, 0.05) is 12.6 Å². The highest BCUT2D eigenvalue weighted by molar-refractivity contribution is 5.88. The quantitative estimate of drug-likeness (QED) is 0.747. The van der Waals surface area contributed by atoms with Gasteiger partial charge in [-0.1, -0.05) is 61.0 Å². The molecule has 0 saturated carbocycles. The largest absolute Gasteiger partial charge is 0.352 e. The maximum atomic E-state index is 13.2. The summed E-state index contributed by atoms with van der Waals surface area (Å²) in [6.45, 7) is 10.3. The second-order valence-corrected chi connectivity index (χ2v) is 7.61. The van der Waals surface area contributed by atoms with Gasteiger partial charge in [0.1, 0.15) is 6.04 Å². The van der Waals surface area contributed by atoms with Crippen molar-refractivity contribution in [3.8, 4) is 0 Å². The molecule has 0 unspecified atom stereocenters. The van der Waals surface area contributed by atoms with Gasteiger partial charge in [-0.25, -0.2) is 0 Å². The van der Waals surface area contributed by atoms with E-state index in [-0.39, 0.29) is 17.9 Å². The van der Waals surface area contributed by atoms with Crippen molar-refractivity contribution in [3.63, 3.8) is 0 Å². The Morgan fingerprint density at radius 2 is 1.75 bits per heavy atom. The van der Waals surface area contributed by atoms with Crippen molar-refractivity contribution in [1.82, 2.24) is 10.2 Å². The molecule has 0 radical (unpaired) electrons. The number of nitrogens with one attached hydrogen (secondary N) is 1. The fourth-order valence-corrected chi connectivity index (χ4v) is 3.13. The van der Waals surface area contributed by atoms with Crippen molar-refractivity contribution in [2.24, 2.45) is 0 Å². The third-order valence-electron chi connectivity index (χ3n) is 5.21. The van der Waals surface area contributed by atoms with E-state index in [9.17, 15) is 9.59 Å². The zero-order valence-electron chi connectivity index (χ0n) is 17.7. The molecule has 4 nitrogen and oxygen atoms in total. The first kappa shape index (κ1) is 21.7. The molecule has 4 heteroatoms. The van der Waals surface area contributed by atoms with E-state index in [1.807, 2.05) is 77.1 Å². The van der Waals surface area contributed by atoms with Crippen molar-refractivity contribution in [1.29, 1.82) is 0 Å². The second-order valence-electron chi connectivity index (χ2n) is 7.61. The lowest BCUT2D eigenvalue weighted by Gasteiger charge is -2.30. The highest BCUT2D eigenvalue weighted by Crippen LogP contribution is 2.15. The van der Waals surface area contributed by atoms with Crippen LogP contribution in [0.15, 0.2) is 48.5 Å². The fourth-order valence-electron chi connectivity index (χ4n) is 3.13. The Labute approximate surface area is 169 Å². The van der Waals surface area contributed by atoms with E-state index in [2.05, 4.69) is 11.4 Å². The molecule has 0 spiro atoms. The molecule has 2 amide bonds. The van der Waals surface area contributed by atoms with Crippen molar-refractivity contribution in [3.05, 3.63) is 70.8 Å². The van der Waals surface area contributed by atoms with Gasteiger partial charge in [0.25, 0.3) is 0 Å². The predicted octanol–water partition coefficient (Wildman–Crippen LogP) is 4.18. The Morgan fingerprint density at radius 3 is 2.39 bits per heavy atom. The summed E-state index contributed by atoms with van der Waals surface area (Å²) in [5, 5.41) is 3.00. The number of aryl methyl sites for hydroxylation is 2. The van der Waals surface area contributed by atoms with Crippen LogP contribution in [-0.4, -0.2) is 28.8 Å². The Morgan fingerprint density at radius 1 is 1.04 bits per heavy atom. The minimum absolute atomic E-state index is 0.0393. The van der Waals surface area contributed by atoms with Crippen LogP contribution < -0.4 is 5.32 Å². The lowest BCUT2D eigenvalue weighted by atomic mass is 10.0. The van der Waals surface area contributed by atoms with Gasteiger partial charge in [0.15, 0.2) is 0 Å². The van der Waals surface area contributed by atoms with Crippen LogP contribution >= 0.6 is 0 Å². The van der Waals surface area contributed by atoms with Gasteiger partial charge in [0.2, 0.25) is 11.8 Å².